The third-order valence-corrected chi connectivity index (χ3v) is 4.72. The van der Waals surface area contributed by atoms with E-state index in [-0.39, 0.29) is 24.2 Å². The van der Waals surface area contributed by atoms with Gasteiger partial charge in [0.15, 0.2) is 0 Å². The van der Waals surface area contributed by atoms with Gasteiger partial charge in [-0.1, -0.05) is 17.2 Å². The topological polar surface area (TPSA) is 58.2 Å². The fourth-order valence-corrected chi connectivity index (χ4v) is 3.30. The van der Waals surface area contributed by atoms with Crippen LogP contribution in [0.4, 0.5) is 4.39 Å². The van der Waals surface area contributed by atoms with Crippen LogP contribution in [0.15, 0.2) is 47.4 Å². The van der Waals surface area contributed by atoms with Gasteiger partial charge in [-0.2, -0.15) is 0 Å². The highest BCUT2D eigenvalue weighted by Crippen LogP contribution is 2.18. The van der Waals surface area contributed by atoms with Crippen LogP contribution >= 0.6 is 11.8 Å². The molecule has 0 spiro atoms. The lowest BCUT2D eigenvalue weighted by molar-refractivity contribution is -0.120. The molecule has 6 heteroatoms. The summed E-state index contributed by atoms with van der Waals surface area (Å²) in [5, 5.41) is 5.41. The van der Waals surface area contributed by atoms with Crippen molar-refractivity contribution < 1.29 is 14.0 Å². The fourth-order valence-electron chi connectivity index (χ4n) is 2.45. The van der Waals surface area contributed by atoms with Crippen LogP contribution in [-0.4, -0.2) is 30.7 Å². The Labute approximate surface area is 157 Å². The van der Waals surface area contributed by atoms with Crippen molar-refractivity contribution in [3.05, 3.63) is 65.0 Å². The molecule has 0 heterocycles. The molecule has 0 bridgehead atoms. The second-order valence-corrected chi connectivity index (χ2v) is 7.23. The van der Waals surface area contributed by atoms with Gasteiger partial charge >= 0.3 is 0 Å². The van der Waals surface area contributed by atoms with E-state index >= 15 is 0 Å². The van der Waals surface area contributed by atoms with Crippen molar-refractivity contribution in [1.29, 1.82) is 0 Å². The first-order chi connectivity index (χ1) is 12.4. The van der Waals surface area contributed by atoms with Crippen LogP contribution in [0.2, 0.25) is 0 Å². The molecule has 0 fully saturated rings. The number of halogens is 1. The van der Waals surface area contributed by atoms with E-state index in [2.05, 4.69) is 10.6 Å². The van der Waals surface area contributed by atoms with E-state index in [1.54, 1.807) is 36.0 Å². The summed E-state index contributed by atoms with van der Waals surface area (Å²) in [6.07, 6.45) is 0.790. The molecule has 138 valence electrons. The van der Waals surface area contributed by atoms with Crippen molar-refractivity contribution in [2.45, 2.75) is 25.2 Å². The van der Waals surface area contributed by atoms with Crippen molar-refractivity contribution >= 4 is 23.6 Å². The molecule has 0 aliphatic heterocycles. The zero-order chi connectivity index (χ0) is 18.9. The number of carbonyl (C=O) groups is 2. The number of aryl methyl sites for hydroxylation is 2. The van der Waals surface area contributed by atoms with Crippen molar-refractivity contribution in [1.82, 2.24) is 10.6 Å². The van der Waals surface area contributed by atoms with E-state index in [0.29, 0.717) is 12.1 Å². The Hall–Kier alpha value is -2.34. The van der Waals surface area contributed by atoms with E-state index in [0.717, 1.165) is 28.2 Å². The standard InChI is InChI=1S/C20H23FN2O2S/c1-14-10-15(2)12-16(11-14)20(25)23-13-19(24)22-8-3-9-26-18-6-4-17(21)5-7-18/h4-7,10-12H,3,8-9,13H2,1-2H3,(H,22,24)(H,23,25). The Balaban J connectivity index is 1.62. The van der Waals surface area contributed by atoms with Crippen LogP contribution in [0.3, 0.4) is 0 Å². The van der Waals surface area contributed by atoms with Gasteiger partial charge < -0.3 is 10.6 Å². The molecule has 0 atom stereocenters. The number of amides is 2. The molecule has 0 aromatic heterocycles. The zero-order valence-electron chi connectivity index (χ0n) is 15.0. The Morgan fingerprint density at radius 3 is 2.31 bits per heavy atom. The van der Waals surface area contributed by atoms with Gasteiger partial charge in [0, 0.05) is 17.0 Å². The van der Waals surface area contributed by atoms with Gasteiger partial charge in [0.2, 0.25) is 5.91 Å². The highest BCUT2D eigenvalue weighted by Gasteiger charge is 2.08. The van der Waals surface area contributed by atoms with Crippen molar-refractivity contribution in [3.8, 4) is 0 Å². The van der Waals surface area contributed by atoms with Crippen molar-refractivity contribution in [2.24, 2.45) is 0 Å². The van der Waals surface area contributed by atoms with Crippen LogP contribution in [0.1, 0.15) is 27.9 Å². The molecule has 0 saturated carbocycles. The highest BCUT2D eigenvalue weighted by atomic mass is 32.2. The second kappa shape index (κ2) is 9.97. The molecular weight excluding hydrogens is 351 g/mol. The Morgan fingerprint density at radius 1 is 1.00 bits per heavy atom. The Morgan fingerprint density at radius 2 is 1.65 bits per heavy atom. The number of nitrogens with one attached hydrogen (secondary N) is 2. The van der Waals surface area contributed by atoms with E-state index in [1.807, 2.05) is 19.9 Å². The van der Waals surface area contributed by atoms with Gasteiger partial charge in [-0.15, -0.1) is 11.8 Å². The lowest BCUT2D eigenvalue weighted by Crippen LogP contribution is -2.37. The predicted molar refractivity (Wildman–Crippen MR) is 103 cm³/mol. The minimum Gasteiger partial charge on any atom is -0.355 e. The summed E-state index contributed by atoms with van der Waals surface area (Å²) in [5.41, 5.74) is 2.59. The van der Waals surface area contributed by atoms with Crippen LogP contribution in [-0.2, 0) is 4.79 Å². The van der Waals surface area contributed by atoms with Crippen LogP contribution in [0, 0.1) is 19.7 Å². The second-order valence-electron chi connectivity index (χ2n) is 6.06. The van der Waals surface area contributed by atoms with Crippen LogP contribution in [0.5, 0.6) is 0 Å². The van der Waals surface area contributed by atoms with E-state index in [4.69, 9.17) is 0 Å². The number of thioether (sulfide) groups is 1. The maximum atomic E-state index is 12.8. The van der Waals surface area contributed by atoms with Crippen molar-refractivity contribution in [2.75, 3.05) is 18.8 Å². The monoisotopic (exact) mass is 374 g/mol. The van der Waals surface area contributed by atoms with Gasteiger partial charge in [-0.25, -0.2) is 4.39 Å². The normalized spacial score (nSPS) is 10.4. The number of rotatable bonds is 8. The first-order valence-electron chi connectivity index (χ1n) is 8.45. The average molecular weight is 374 g/mol. The average Bonchev–Trinajstić information content (AvgIpc) is 2.60. The van der Waals surface area contributed by atoms with Gasteiger partial charge in [-0.3, -0.25) is 9.59 Å². The molecule has 26 heavy (non-hydrogen) atoms. The summed E-state index contributed by atoms with van der Waals surface area (Å²) >= 11 is 1.61. The number of benzene rings is 2. The first kappa shape index (κ1) is 20.0. The smallest absolute Gasteiger partial charge is 0.251 e. The Bertz CT molecular complexity index is 743. The van der Waals surface area contributed by atoms with Crippen LogP contribution in [0.25, 0.3) is 0 Å². The summed E-state index contributed by atoms with van der Waals surface area (Å²) in [4.78, 5) is 24.9. The molecule has 2 rings (SSSR count). The summed E-state index contributed by atoms with van der Waals surface area (Å²) in [6, 6.07) is 11.9. The molecule has 0 unspecified atom stereocenters. The van der Waals surface area contributed by atoms with Gasteiger partial charge in [-0.05, 0) is 62.4 Å². The molecule has 2 aromatic carbocycles. The summed E-state index contributed by atoms with van der Waals surface area (Å²) in [7, 11) is 0. The molecule has 2 amide bonds. The summed E-state index contributed by atoms with van der Waals surface area (Å²) in [5.74, 6) is 0.110. The zero-order valence-corrected chi connectivity index (χ0v) is 15.8. The first-order valence-corrected chi connectivity index (χ1v) is 9.44. The highest BCUT2D eigenvalue weighted by molar-refractivity contribution is 7.99. The number of hydrogen-bond acceptors (Lipinski definition) is 3. The Kier molecular flexibility index (Phi) is 7.66. The van der Waals surface area contributed by atoms with Gasteiger partial charge in [0.1, 0.15) is 5.82 Å². The van der Waals surface area contributed by atoms with E-state index in [9.17, 15) is 14.0 Å². The molecule has 0 aliphatic rings. The molecular formula is C20H23FN2O2S. The lowest BCUT2D eigenvalue weighted by Gasteiger charge is -2.08. The molecule has 0 radical (unpaired) electrons. The van der Waals surface area contributed by atoms with Crippen LogP contribution < -0.4 is 10.6 Å². The summed E-state index contributed by atoms with van der Waals surface area (Å²) < 4.78 is 12.8. The van der Waals surface area contributed by atoms with E-state index in [1.165, 1.54) is 12.1 Å². The maximum Gasteiger partial charge on any atom is 0.251 e. The molecule has 0 aliphatic carbocycles. The SMILES string of the molecule is Cc1cc(C)cc(C(=O)NCC(=O)NCCCSc2ccc(F)cc2)c1. The third kappa shape index (κ3) is 6.88. The quantitative estimate of drug-likeness (QED) is 0.549. The third-order valence-electron chi connectivity index (χ3n) is 3.62. The molecule has 2 aromatic rings. The van der Waals surface area contributed by atoms with Gasteiger partial charge in [0.05, 0.1) is 6.54 Å². The van der Waals surface area contributed by atoms with Gasteiger partial charge in [0.25, 0.3) is 5.91 Å². The predicted octanol–water partition coefficient (Wildman–Crippen LogP) is 3.47. The fraction of sp³-hybridized carbons (Fsp3) is 0.300. The summed E-state index contributed by atoms with van der Waals surface area (Å²) in [6.45, 7) is 4.35. The number of hydrogen-bond donors (Lipinski definition) is 2. The minimum absolute atomic E-state index is 0.0447. The minimum atomic E-state index is -0.251. The largest absolute Gasteiger partial charge is 0.355 e. The molecule has 0 saturated heterocycles. The molecule has 2 N–H and O–H groups in total. The van der Waals surface area contributed by atoms with Crippen molar-refractivity contribution in [3.63, 3.8) is 0 Å². The number of carbonyl (C=O) groups excluding carboxylic acids is 2. The maximum absolute atomic E-state index is 12.8. The molecule has 4 nitrogen and oxygen atoms in total. The van der Waals surface area contributed by atoms with E-state index < -0.39 is 0 Å². The lowest BCUT2D eigenvalue weighted by atomic mass is 10.1.